The fourth-order valence-corrected chi connectivity index (χ4v) is 3.85. The molecule has 23 heavy (non-hydrogen) atoms. The van der Waals surface area contributed by atoms with Crippen LogP contribution in [-0.2, 0) is 12.3 Å². The van der Waals surface area contributed by atoms with Crippen LogP contribution in [0.1, 0.15) is 16.7 Å². The maximum Gasteiger partial charge on any atom is 0.206 e. The average molecular weight is 345 g/mol. The molecule has 0 aliphatic heterocycles. The van der Waals surface area contributed by atoms with E-state index in [9.17, 15) is 4.39 Å². The summed E-state index contributed by atoms with van der Waals surface area (Å²) in [6.45, 7) is 2.73. The van der Waals surface area contributed by atoms with E-state index in [1.807, 2.05) is 6.07 Å². The van der Waals surface area contributed by atoms with Gasteiger partial charge >= 0.3 is 0 Å². The summed E-state index contributed by atoms with van der Waals surface area (Å²) < 4.78 is 13.8. The molecular weight excluding hydrogens is 329 g/mol. The van der Waals surface area contributed by atoms with Crippen molar-refractivity contribution in [3.05, 3.63) is 71.0 Å². The minimum absolute atomic E-state index is 0.223. The average Bonchev–Trinajstić information content (AvgIpc) is 3.02. The number of nitrogens with one attached hydrogen (secondary N) is 1. The highest BCUT2D eigenvalue weighted by molar-refractivity contribution is 8.00. The number of rotatable bonds is 6. The zero-order valence-corrected chi connectivity index (χ0v) is 14.3. The molecule has 0 fully saturated rings. The Kier molecular flexibility index (Phi) is 5.25. The van der Waals surface area contributed by atoms with Crippen molar-refractivity contribution in [2.75, 3.05) is 5.32 Å². The lowest BCUT2D eigenvalue weighted by Gasteiger charge is -2.02. The number of halogens is 1. The minimum Gasteiger partial charge on any atom is -0.356 e. The molecule has 0 saturated carbocycles. The Morgan fingerprint density at radius 1 is 1.09 bits per heavy atom. The lowest BCUT2D eigenvalue weighted by atomic mass is 10.1. The van der Waals surface area contributed by atoms with Crippen LogP contribution in [0.3, 0.4) is 0 Å². The first kappa shape index (κ1) is 16.0. The predicted molar refractivity (Wildman–Crippen MR) is 94.4 cm³/mol. The quantitative estimate of drug-likeness (QED) is 0.646. The van der Waals surface area contributed by atoms with E-state index in [1.54, 1.807) is 23.9 Å². The van der Waals surface area contributed by atoms with Gasteiger partial charge < -0.3 is 5.32 Å². The molecule has 0 radical (unpaired) electrons. The first-order valence-corrected chi connectivity index (χ1v) is 9.00. The van der Waals surface area contributed by atoms with Crippen molar-refractivity contribution in [1.29, 1.82) is 0 Å². The van der Waals surface area contributed by atoms with Gasteiger partial charge in [-0.15, -0.1) is 10.2 Å². The second-order valence-electron chi connectivity index (χ2n) is 5.07. The number of benzene rings is 2. The molecule has 0 amide bonds. The monoisotopic (exact) mass is 345 g/mol. The molecule has 1 aromatic heterocycles. The van der Waals surface area contributed by atoms with Gasteiger partial charge in [-0.3, -0.25) is 0 Å². The normalized spacial score (nSPS) is 10.7. The molecule has 0 saturated heterocycles. The number of aromatic nitrogens is 2. The SMILES string of the molecule is Cc1ccccc1CSc1nnc(NCc2ccc(F)cc2)s1. The van der Waals surface area contributed by atoms with E-state index < -0.39 is 0 Å². The van der Waals surface area contributed by atoms with Gasteiger partial charge in [0.05, 0.1) is 0 Å². The first-order chi connectivity index (χ1) is 11.2. The smallest absolute Gasteiger partial charge is 0.206 e. The van der Waals surface area contributed by atoms with Gasteiger partial charge in [0.1, 0.15) is 5.82 Å². The van der Waals surface area contributed by atoms with Crippen molar-refractivity contribution < 1.29 is 4.39 Å². The van der Waals surface area contributed by atoms with Gasteiger partial charge in [-0.2, -0.15) is 0 Å². The van der Waals surface area contributed by atoms with Crippen LogP contribution in [0.15, 0.2) is 52.9 Å². The maximum atomic E-state index is 12.9. The van der Waals surface area contributed by atoms with Crippen molar-refractivity contribution in [2.24, 2.45) is 0 Å². The second-order valence-corrected chi connectivity index (χ2v) is 7.27. The molecule has 3 nitrogen and oxygen atoms in total. The Labute approximate surface area is 143 Å². The zero-order chi connectivity index (χ0) is 16.1. The molecule has 0 aliphatic rings. The molecule has 2 aromatic carbocycles. The van der Waals surface area contributed by atoms with Crippen LogP contribution in [0, 0.1) is 12.7 Å². The minimum atomic E-state index is -0.223. The lowest BCUT2D eigenvalue weighted by Crippen LogP contribution is -1.98. The van der Waals surface area contributed by atoms with Crippen LogP contribution in [0.25, 0.3) is 0 Å². The van der Waals surface area contributed by atoms with Gasteiger partial charge in [-0.1, -0.05) is 59.5 Å². The fourth-order valence-electron chi connectivity index (χ4n) is 2.03. The van der Waals surface area contributed by atoms with Crippen molar-refractivity contribution in [2.45, 2.75) is 23.6 Å². The third-order valence-corrected chi connectivity index (χ3v) is 5.44. The standard InChI is InChI=1S/C17H16FN3S2/c1-12-4-2-3-5-14(12)11-22-17-21-20-16(23-17)19-10-13-6-8-15(18)9-7-13/h2-9H,10-11H2,1H3,(H,19,20). The van der Waals surface area contributed by atoms with Gasteiger partial charge in [0.15, 0.2) is 4.34 Å². The maximum absolute atomic E-state index is 12.9. The van der Waals surface area contributed by atoms with E-state index in [1.165, 1.54) is 34.6 Å². The molecule has 1 heterocycles. The van der Waals surface area contributed by atoms with Gasteiger partial charge in [0.25, 0.3) is 0 Å². The summed E-state index contributed by atoms with van der Waals surface area (Å²) in [6.07, 6.45) is 0. The van der Waals surface area contributed by atoms with Crippen molar-refractivity contribution in [3.8, 4) is 0 Å². The van der Waals surface area contributed by atoms with E-state index in [-0.39, 0.29) is 5.82 Å². The van der Waals surface area contributed by atoms with Crippen molar-refractivity contribution in [3.63, 3.8) is 0 Å². The Morgan fingerprint density at radius 2 is 1.87 bits per heavy atom. The highest BCUT2D eigenvalue weighted by Gasteiger charge is 2.06. The topological polar surface area (TPSA) is 37.8 Å². The highest BCUT2D eigenvalue weighted by atomic mass is 32.2. The highest BCUT2D eigenvalue weighted by Crippen LogP contribution is 2.29. The molecule has 3 rings (SSSR count). The Hall–Kier alpha value is -1.92. The summed E-state index contributed by atoms with van der Waals surface area (Å²) in [5, 5.41) is 12.3. The van der Waals surface area contributed by atoms with Crippen molar-refractivity contribution >= 4 is 28.2 Å². The van der Waals surface area contributed by atoms with E-state index in [4.69, 9.17) is 0 Å². The van der Waals surface area contributed by atoms with Crippen LogP contribution < -0.4 is 5.32 Å². The molecule has 0 aliphatic carbocycles. The number of thioether (sulfide) groups is 1. The molecule has 0 spiro atoms. The first-order valence-electron chi connectivity index (χ1n) is 7.20. The van der Waals surface area contributed by atoms with Gasteiger partial charge in [-0.05, 0) is 35.7 Å². The molecule has 0 atom stereocenters. The van der Waals surface area contributed by atoms with E-state index in [0.29, 0.717) is 6.54 Å². The number of anilines is 1. The van der Waals surface area contributed by atoms with E-state index in [0.717, 1.165) is 20.8 Å². The van der Waals surface area contributed by atoms with E-state index in [2.05, 4.69) is 40.6 Å². The number of nitrogens with zero attached hydrogens (tertiary/aromatic N) is 2. The molecule has 0 unspecified atom stereocenters. The Bertz CT molecular complexity index is 772. The molecule has 0 bridgehead atoms. The number of aryl methyl sites for hydroxylation is 1. The third kappa shape index (κ3) is 4.53. The zero-order valence-electron chi connectivity index (χ0n) is 12.6. The van der Waals surface area contributed by atoms with Crippen LogP contribution in [-0.4, -0.2) is 10.2 Å². The Balaban J connectivity index is 1.53. The molecule has 6 heteroatoms. The van der Waals surface area contributed by atoms with Crippen molar-refractivity contribution in [1.82, 2.24) is 10.2 Å². The summed E-state index contributed by atoms with van der Waals surface area (Å²) >= 11 is 3.22. The van der Waals surface area contributed by atoms with Gasteiger partial charge in [-0.25, -0.2) is 4.39 Å². The predicted octanol–water partition coefficient (Wildman–Crippen LogP) is 4.89. The number of hydrogen-bond donors (Lipinski definition) is 1. The largest absolute Gasteiger partial charge is 0.356 e. The van der Waals surface area contributed by atoms with Crippen LogP contribution in [0.4, 0.5) is 9.52 Å². The van der Waals surface area contributed by atoms with Crippen LogP contribution >= 0.6 is 23.1 Å². The summed E-state index contributed by atoms with van der Waals surface area (Å²) in [4.78, 5) is 0. The number of hydrogen-bond acceptors (Lipinski definition) is 5. The third-order valence-electron chi connectivity index (χ3n) is 3.38. The molecule has 118 valence electrons. The Morgan fingerprint density at radius 3 is 2.65 bits per heavy atom. The fraction of sp³-hybridized carbons (Fsp3) is 0.176. The summed E-state index contributed by atoms with van der Waals surface area (Å²) in [7, 11) is 0. The van der Waals surface area contributed by atoms with Gasteiger partial charge in [0, 0.05) is 12.3 Å². The molecule has 1 N–H and O–H groups in total. The summed E-state index contributed by atoms with van der Waals surface area (Å²) in [5.41, 5.74) is 3.61. The summed E-state index contributed by atoms with van der Waals surface area (Å²) in [6, 6.07) is 14.8. The second kappa shape index (κ2) is 7.57. The lowest BCUT2D eigenvalue weighted by molar-refractivity contribution is 0.627. The van der Waals surface area contributed by atoms with Crippen LogP contribution in [0.5, 0.6) is 0 Å². The van der Waals surface area contributed by atoms with Crippen LogP contribution in [0.2, 0.25) is 0 Å². The molecular formula is C17H16FN3S2. The molecule has 3 aromatic rings. The van der Waals surface area contributed by atoms with Gasteiger partial charge in [0.2, 0.25) is 5.13 Å². The summed E-state index contributed by atoms with van der Waals surface area (Å²) in [5.74, 6) is 0.666. The van der Waals surface area contributed by atoms with E-state index >= 15 is 0 Å².